The Labute approximate surface area is 197 Å². The van der Waals surface area contributed by atoms with Gasteiger partial charge in [-0.15, -0.1) is 0 Å². The third-order valence-electron chi connectivity index (χ3n) is 6.09. The number of hydrogen-bond donors (Lipinski definition) is 1. The van der Waals surface area contributed by atoms with Crippen LogP contribution in [0.15, 0.2) is 66.5 Å². The third kappa shape index (κ3) is 4.49. The molecule has 7 heteroatoms. The summed E-state index contributed by atoms with van der Waals surface area (Å²) in [6.45, 7) is 2.55. The quantitative estimate of drug-likeness (QED) is 0.494. The van der Waals surface area contributed by atoms with Crippen LogP contribution in [-0.4, -0.2) is 28.5 Å². The van der Waals surface area contributed by atoms with E-state index in [0.717, 1.165) is 37.3 Å². The van der Waals surface area contributed by atoms with Gasteiger partial charge in [0.25, 0.3) is 0 Å². The third-order valence-corrected chi connectivity index (χ3v) is 6.44. The van der Waals surface area contributed by atoms with E-state index in [-0.39, 0.29) is 12.3 Å². The molecule has 2 aliphatic rings. The van der Waals surface area contributed by atoms with Crippen LogP contribution in [0, 0.1) is 5.82 Å². The molecule has 0 spiro atoms. The van der Waals surface area contributed by atoms with Crippen LogP contribution in [0.4, 0.5) is 10.2 Å². The van der Waals surface area contributed by atoms with E-state index in [4.69, 9.17) is 16.3 Å². The SMILES string of the molecule is COc1ccc(Cl)c(CNc2ncnc3c2CN(CC2=CCC(c4ccccc4)=C2)C3)c1F. The van der Waals surface area contributed by atoms with Crippen LogP contribution in [0.5, 0.6) is 5.75 Å². The van der Waals surface area contributed by atoms with Crippen LogP contribution in [0.1, 0.15) is 28.8 Å². The summed E-state index contributed by atoms with van der Waals surface area (Å²) in [5, 5.41) is 3.60. The number of halogens is 2. The molecule has 5 nitrogen and oxygen atoms in total. The van der Waals surface area contributed by atoms with Crippen molar-refractivity contribution in [3.63, 3.8) is 0 Å². The lowest BCUT2D eigenvalue weighted by Crippen LogP contribution is -2.18. The fourth-order valence-electron chi connectivity index (χ4n) is 4.38. The highest BCUT2D eigenvalue weighted by Gasteiger charge is 2.25. The second-order valence-electron chi connectivity index (χ2n) is 8.21. The first-order chi connectivity index (χ1) is 16.1. The molecule has 0 bridgehead atoms. The van der Waals surface area contributed by atoms with Crippen LogP contribution in [0.2, 0.25) is 5.02 Å². The van der Waals surface area contributed by atoms with Crippen molar-refractivity contribution in [3.05, 3.63) is 99.7 Å². The van der Waals surface area contributed by atoms with Crippen molar-refractivity contribution in [2.24, 2.45) is 0 Å². The average Bonchev–Trinajstić information content (AvgIpc) is 3.47. The Morgan fingerprint density at radius 1 is 1.12 bits per heavy atom. The molecular formula is C26H24ClFN4O. The number of fused-ring (bicyclic) bond motifs is 1. The van der Waals surface area contributed by atoms with Crippen molar-refractivity contribution in [3.8, 4) is 5.75 Å². The lowest BCUT2D eigenvalue weighted by Gasteiger charge is -2.15. The molecule has 3 aromatic rings. The summed E-state index contributed by atoms with van der Waals surface area (Å²) in [6.07, 6.45) is 7.09. The minimum absolute atomic E-state index is 0.169. The Bertz CT molecular complexity index is 1240. The molecular weight excluding hydrogens is 439 g/mol. The molecule has 1 aliphatic carbocycles. The summed E-state index contributed by atoms with van der Waals surface area (Å²) in [6, 6.07) is 13.7. The molecule has 2 heterocycles. The summed E-state index contributed by atoms with van der Waals surface area (Å²) < 4.78 is 19.7. The molecule has 1 N–H and O–H groups in total. The highest BCUT2D eigenvalue weighted by Crippen LogP contribution is 2.32. The van der Waals surface area contributed by atoms with Gasteiger partial charge in [0.1, 0.15) is 12.1 Å². The van der Waals surface area contributed by atoms with E-state index >= 15 is 0 Å². The lowest BCUT2D eigenvalue weighted by molar-refractivity contribution is 0.310. The molecule has 0 radical (unpaired) electrons. The van der Waals surface area contributed by atoms with Gasteiger partial charge in [-0.05, 0) is 35.3 Å². The lowest BCUT2D eigenvalue weighted by atomic mass is 10.1. The van der Waals surface area contributed by atoms with Crippen molar-refractivity contribution in [2.75, 3.05) is 19.0 Å². The summed E-state index contributed by atoms with van der Waals surface area (Å²) in [4.78, 5) is 11.2. The summed E-state index contributed by atoms with van der Waals surface area (Å²) in [7, 11) is 1.44. The molecule has 0 atom stereocenters. The van der Waals surface area contributed by atoms with Gasteiger partial charge in [0, 0.05) is 42.3 Å². The predicted octanol–water partition coefficient (Wildman–Crippen LogP) is 5.62. The Balaban J connectivity index is 1.27. The number of aromatic nitrogens is 2. The minimum Gasteiger partial charge on any atom is -0.494 e. The molecule has 1 aromatic heterocycles. The Kier molecular flexibility index (Phi) is 6.11. The van der Waals surface area contributed by atoms with E-state index in [1.807, 2.05) is 6.07 Å². The highest BCUT2D eigenvalue weighted by atomic mass is 35.5. The van der Waals surface area contributed by atoms with E-state index in [1.54, 1.807) is 12.4 Å². The molecule has 0 unspecified atom stereocenters. The van der Waals surface area contributed by atoms with Gasteiger partial charge < -0.3 is 10.1 Å². The topological polar surface area (TPSA) is 50.3 Å². The van der Waals surface area contributed by atoms with Gasteiger partial charge in [-0.2, -0.15) is 0 Å². The number of anilines is 1. The number of benzene rings is 2. The van der Waals surface area contributed by atoms with Gasteiger partial charge in [0.05, 0.1) is 12.8 Å². The summed E-state index contributed by atoms with van der Waals surface area (Å²) in [5.74, 6) is 0.420. The van der Waals surface area contributed by atoms with E-state index < -0.39 is 5.82 Å². The number of hydrogen-bond acceptors (Lipinski definition) is 5. The predicted molar refractivity (Wildman–Crippen MR) is 129 cm³/mol. The van der Waals surface area contributed by atoms with Gasteiger partial charge in [-0.3, -0.25) is 4.90 Å². The standard InChI is InChI=1S/C26H24ClFN4O/c1-33-24-10-9-22(27)20(25(24)28)12-29-26-21-14-32(15-23(21)30-16-31-26)13-17-7-8-19(11-17)18-5-3-2-4-6-18/h2-7,9-11,16H,8,12-15H2,1H3,(H,29,30,31). The molecule has 168 valence electrons. The van der Waals surface area contributed by atoms with Crippen LogP contribution < -0.4 is 10.1 Å². The number of nitrogens with zero attached hydrogens (tertiary/aromatic N) is 3. The maximum absolute atomic E-state index is 14.7. The number of nitrogens with one attached hydrogen (secondary N) is 1. The van der Waals surface area contributed by atoms with Gasteiger partial charge in [0.15, 0.2) is 11.6 Å². The fourth-order valence-corrected chi connectivity index (χ4v) is 4.59. The van der Waals surface area contributed by atoms with Crippen molar-refractivity contribution < 1.29 is 9.13 Å². The molecule has 33 heavy (non-hydrogen) atoms. The molecule has 0 amide bonds. The van der Waals surface area contributed by atoms with Crippen molar-refractivity contribution in [1.82, 2.24) is 14.9 Å². The van der Waals surface area contributed by atoms with E-state index in [1.165, 1.54) is 29.9 Å². The Hall–Kier alpha value is -3.22. The summed E-state index contributed by atoms with van der Waals surface area (Å²) >= 11 is 6.23. The monoisotopic (exact) mass is 462 g/mol. The zero-order valence-corrected chi connectivity index (χ0v) is 19.1. The van der Waals surface area contributed by atoms with Gasteiger partial charge in [-0.1, -0.05) is 54.1 Å². The zero-order chi connectivity index (χ0) is 22.8. The smallest absolute Gasteiger partial charge is 0.171 e. The van der Waals surface area contributed by atoms with Crippen molar-refractivity contribution >= 4 is 23.0 Å². The first-order valence-electron chi connectivity index (χ1n) is 10.9. The fraction of sp³-hybridized carbons (Fsp3) is 0.231. The molecule has 2 aromatic carbocycles. The molecule has 0 saturated carbocycles. The van der Waals surface area contributed by atoms with E-state index in [9.17, 15) is 4.39 Å². The maximum Gasteiger partial charge on any atom is 0.171 e. The number of ether oxygens (including phenoxy) is 1. The van der Waals surface area contributed by atoms with Crippen LogP contribution in [0.3, 0.4) is 0 Å². The number of rotatable bonds is 7. The average molecular weight is 463 g/mol. The zero-order valence-electron chi connectivity index (χ0n) is 18.3. The second-order valence-corrected chi connectivity index (χ2v) is 8.61. The van der Waals surface area contributed by atoms with Crippen molar-refractivity contribution in [2.45, 2.75) is 26.1 Å². The molecule has 0 fully saturated rings. The normalized spacial score (nSPS) is 15.2. The number of methoxy groups -OCH3 is 1. The molecule has 5 rings (SSSR count). The van der Waals surface area contributed by atoms with Crippen LogP contribution >= 0.6 is 11.6 Å². The summed E-state index contributed by atoms with van der Waals surface area (Å²) in [5.41, 5.74) is 6.33. The first-order valence-corrected chi connectivity index (χ1v) is 11.2. The van der Waals surface area contributed by atoms with Gasteiger partial charge >= 0.3 is 0 Å². The minimum atomic E-state index is -0.459. The van der Waals surface area contributed by atoms with E-state index in [0.29, 0.717) is 16.4 Å². The van der Waals surface area contributed by atoms with Gasteiger partial charge in [0.2, 0.25) is 0 Å². The maximum atomic E-state index is 14.7. The van der Waals surface area contributed by atoms with Gasteiger partial charge in [-0.25, -0.2) is 14.4 Å². The Morgan fingerprint density at radius 2 is 1.97 bits per heavy atom. The van der Waals surface area contributed by atoms with E-state index in [2.05, 4.69) is 56.6 Å². The Morgan fingerprint density at radius 3 is 2.79 bits per heavy atom. The van der Waals surface area contributed by atoms with Crippen molar-refractivity contribution in [1.29, 1.82) is 0 Å². The van der Waals surface area contributed by atoms with Crippen LogP contribution in [-0.2, 0) is 19.6 Å². The number of allylic oxidation sites excluding steroid dienone is 2. The second kappa shape index (κ2) is 9.33. The molecule has 1 aliphatic heterocycles. The highest BCUT2D eigenvalue weighted by molar-refractivity contribution is 6.31. The largest absolute Gasteiger partial charge is 0.494 e. The first kappa shape index (κ1) is 21.6. The van der Waals surface area contributed by atoms with Crippen LogP contribution in [0.25, 0.3) is 5.57 Å². The molecule has 0 saturated heterocycles.